The van der Waals surface area contributed by atoms with Gasteiger partial charge < -0.3 is 10.1 Å². The molecule has 0 radical (unpaired) electrons. The van der Waals surface area contributed by atoms with Crippen LogP contribution in [0.2, 0.25) is 0 Å². The van der Waals surface area contributed by atoms with Crippen molar-refractivity contribution in [2.75, 3.05) is 5.32 Å². The number of nitrogens with zero attached hydrogens (tertiary/aromatic N) is 2. The summed E-state index contributed by atoms with van der Waals surface area (Å²) in [6.07, 6.45) is 1.68. The summed E-state index contributed by atoms with van der Waals surface area (Å²) in [5.41, 5.74) is 1.53. The fourth-order valence-corrected chi connectivity index (χ4v) is 2.08. The highest BCUT2D eigenvalue weighted by molar-refractivity contribution is 6.02. The van der Waals surface area contributed by atoms with E-state index in [2.05, 4.69) is 15.2 Å². The molecule has 0 saturated heterocycles. The first-order valence-electron chi connectivity index (χ1n) is 7.09. The Morgan fingerprint density at radius 2 is 1.75 bits per heavy atom. The number of alkyl halides is 2. The predicted octanol–water partition coefficient (Wildman–Crippen LogP) is 3.73. The highest BCUT2D eigenvalue weighted by Crippen LogP contribution is 2.18. The molecule has 0 atom stereocenters. The number of carbonyl (C=O) groups excluding carboxylic acids is 1. The van der Waals surface area contributed by atoms with Crippen molar-refractivity contribution in [1.82, 2.24) is 9.78 Å². The molecule has 24 heavy (non-hydrogen) atoms. The molecule has 3 rings (SSSR count). The summed E-state index contributed by atoms with van der Waals surface area (Å²) < 4.78 is 30.0. The molecule has 0 aliphatic rings. The van der Waals surface area contributed by atoms with Crippen molar-refractivity contribution >= 4 is 11.6 Å². The smallest absolute Gasteiger partial charge is 0.387 e. The lowest BCUT2D eigenvalue weighted by Gasteiger charge is -2.06. The molecule has 1 N–H and O–H groups in total. The van der Waals surface area contributed by atoms with Crippen LogP contribution in [0.5, 0.6) is 5.75 Å². The second-order valence-corrected chi connectivity index (χ2v) is 4.84. The van der Waals surface area contributed by atoms with E-state index < -0.39 is 12.5 Å². The number of hydrogen-bond donors (Lipinski definition) is 1. The van der Waals surface area contributed by atoms with Crippen LogP contribution in [0.1, 0.15) is 10.5 Å². The van der Waals surface area contributed by atoms with Crippen LogP contribution in [0.4, 0.5) is 14.5 Å². The van der Waals surface area contributed by atoms with Crippen LogP contribution in [-0.2, 0) is 0 Å². The first kappa shape index (κ1) is 15.7. The number of carbonyl (C=O) groups is 1. The van der Waals surface area contributed by atoms with Gasteiger partial charge in [0.2, 0.25) is 0 Å². The molecule has 1 amide bonds. The Morgan fingerprint density at radius 1 is 1.04 bits per heavy atom. The summed E-state index contributed by atoms with van der Waals surface area (Å²) in [6, 6.07) is 16.6. The molecule has 0 bridgehead atoms. The largest absolute Gasteiger partial charge is 0.435 e. The molecular formula is C17H13F2N3O2. The normalized spacial score (nSPS) is 10.6. The number of nitrogens with one attached hydrogen (secondary N) is 1. The van der Waals surface area contributed by atoms with Crippen LogP contribution in [0, 0.1) is 0 Å². The number of anilines is 1. The highest BCUT2D eigenvalue weighted by Gasteiger charge is 2.11. The maximum atomic E-state index is 12.2. The number of ether oxygens (including phenoxy) is 1. The van der Waals surface area contributed by atoms with Gasteiger partial charge in [0.05, 0.1) is 5.69 Å². The minimum absolute atomic E-state index is 0.0244. The van der Waals surface area contributed by atoms with Gasteiger partial charge >= 0.3 is 6.61 Å². The van der Waals surface area contributed by atoms with Crippen LogP contribution in [0.25, 0.3) is 5.69 Å². The van der Waals surface area contributed by atoms with E-state index in [1.807, 2.05) is 30.3 Å². The van der Waals surface area contributed by atoms with Crippen molar-refractivity contribution in [1.29, 1.82) is 0 Å². The number of amides is 1. The first-order valence-corrected chi connectivity index (χ1v) is 7.09. The Hall–Kier alpha value is -3.22. The summed E-state index contributed by atoms with van der Waals surface area (Å²) in [5.74, 6) is -0.372. The fourth-order valence-electron chi connectivity index (χ4n) is 2.08. The molecule has 0 saturated carbocycles. The van der Waals surface area contributed by atoms with Gasteiger partial charge in [0, 0.05) is 11.9 Å². The number of benzene rings is 2. The third kappa shape index (κ3) is 3.75. The number of halogens is 2. The zero-order chi connectivity index (χ0) is 16.9. The van der Waals surface area contributed by atoms with Gasteiger partial charge in [-0.25, -0.2) is 4.68 Å². The van der Waals surface area contributed by atoms with Gasteiger partial charge in [-0.05, 0) is 42.5 Å². The van der Waals surface area contributed by atoms with Crippen LogP contribution in [0.15, 0.2) is 66.9 Å². The van der Waals surface area contributed by atoms with Crippen LogP contribution in [0.3, 0.4) is 0 Å². The number of hydrogen-bond acceptors (Lipinski definition) is 3. The summed E-state index contributed by atoms with van der Waals surface area (Å²) in [6.45, 7) is -2.88. The molecule has 0 unspecified atom stereocenters. The summed E-state index contributed by atoms with van der Waals surface area (Å²) in [7, 11) is 0. The Labute approximate surface area is 136 Å². The molecular weight excluding hydrogens is 316 g/mol. The molecule has 7 heteroatoms. The Kier molecular flexibility index (Phi) is 4.51. The molecule has 0 spiro atoms. The molecule has 0 aliphatic carbocycles. The summed E-state index contributed by atoms with van der Waals surface area (Å²) in [4.78, 5) is 12.2. The van der Waals surface area contributed by atoms with E-state index in [-0.39, 0.29) is 11.4 Å². The van der Waals surface area contributed by atoms with Gasteiger partial charge in [-0.15, -0.1) is 0 Å². The molecule has 1 aromatic heterocycles. The van der Waals surface area contributed by atoms with Crippen molar-refractivity contribution in [3.63, 3.8) is 0 Å². The fraction of sp³-hybridized carbons (Fsp3) is 0.0588. The molecule has 3 aromatic rings. The van der Waals surface area contributed by atoms with Gasteiger partial charge in [-0.1, -0.05) is 18.2 Å². The second-order valence-electron chi connectivity index (χ2n) is 4.84. The zero-order valence-electron chi connectivity index (χ0n) is 12.4. The van der Waals surface area contributed by atoms with Gasteiger partial charge in [-0.3, -0.25) is 4.79 Å². The second kappa shape index (κ2) is 6.91. The van der Waals surface area contributed by atoms with Crippen LogP contribution < -0.4 is 10.1 Å². The van der Waals surface area contributed by atoms with Crippen molar-refractivity contribution in [3.8, 4) is 11.4 Å². The molecule has 122 valence electrons. The quantitative estimate of drug-likeness (QED) is 0.776. The highest BCUT2D eigenvalue weighted by atomic mass is 19.3. The van der Waals surface area contributed by atoms with Crippen LogP contribution in [-0.4, -0.2) is 22.3 Å². The molecule has 5 nitrogen and oxygen atoms in total. The standard InChI is InChI=1S/C17H13F2N3O2/c18-17(19)24-14-8-6-12(7-9-14)20-16(23)15-10-11-22(21-15)13-4-2-1-3-5-13/h1-11,17H,(H,20,23). The van der Waals surface area contributed by atoms with Crippen LogP contribution >= 0.6 is 0 Å². The number of aromatic nitrogens is 2. The lowest BCUT2D eigenvalue weighted by atomic mass is 10.3. The van der Waals surface area contributed by atoms with E-state index in [0.29, 0.717) is 5.69 Å². The molecule has 0 aliphatic heterocycles. The van der Waals surface area contributed by atoms with E-state index in [9.17, 15) is 13.6 Å². The minimum atomic E-state index is -2.88. The van der Waals surface area contributed by atoms with E-state index in [1.165, 1.54) is 24.3 Å². The minimum Gasteiger partial charge on any atom is -0.435 e. The van der Waals surface area contributed by atoms with Crippen molar-refractivity contribution < 1.29 is 18.3 Å². The monoisotopic (exact) mass is 329 g/mol. The Morgan fingerprint density at radius 3 is 2.42 bits per heavy atom. The average molecular weight is 329 g/mol. The van der Waals surface area contributed by atoms with E-state index >= 15 is 0 Å². The SMILES string of the molecule is O=C(Nc1ccc(OC(F)F)cc1)c1ccn(-c2ccccc2)n1. The molecule has 1 heterocycles. The van der Waals surface area contributed by atoms with Gasteiger partial charge in [0.15, 0.2) is 5.69 Å². The van der Waals surface area contributed by atoms with E-state index in [1.54, 1.807) is 16.9 Å². The Balaban J connectivity index is 1.68. The van der Waals surface area contributed by atoms with Crippen molar-refractivity contribution in [2.24, 2.45) is 0 Å². The van der Waals surface area contributed by atoms with E-state index in [0.717, 1.165) is 5.69 Å². The zero-order valence-corrected chi connectivity index (χ0v) is 12.4. The van der Waals surface area contributed by atoms with Crippen molar-refractivity contribution in [3.05, 3.63) is 72.6 Å². The van der Waals surface area contributed by atoms with Gasteiger partial charge in [-0.2, -0.15) is 13.9 Å². The average Bonchev–Trinajstić information content (AvgIpc) is 3.07. The summed E-state index contributed by atoms with van der Waals surface area (Å²) in [5, 5.41) is 6.86. The predicted molar refractivity (Wildman–Crippen MR) is 84.6 cm³/mol. The third-order valence-electron chi connectivity index (χ3n) is 3.18. The maximum Gasteiger partial charge on any atom is 0.387 e. The number of para-hydroxylation sites is 1. The summed E-state index contributed by atoms with van der Waals surface area (Å²) >= 11 is 0. The lowest BCUT2D eigenvalue weighted by Crippen LogP contribution is -2.13. The third-order valence-corrected chi connectivity index (χ3v) is 3.18. The molecule has 0 fully saturated rings. The Bertz CT molecular complexity index is 817. The number of rotatable bonds is 5. The van der Waals surface area contributed by atoms with E-state index in [4.69, 9.17) is 0 Å². The van der Waals surface area contributed by atoms with Gasteiger partial charge in [0.25, 0.3) is 5.91 Å². The maximum absolute atomic E-state index is 12.2. The van der Waals surface area contributed by atoms with Crippen molar-refractivity contribution in [2.45, 2.75) is 6.61 Å². The molecule has 2 aromatic carbocycles. The topological polar surface area (TPSA) is 56.1 Å². The first-order chi connectivity index (χ1) is 11.6. The lowest BCUT2D eigenvalue weighted by molar-refractivity contribution is -0.0498. The van der Waals surface area contributed by atoms with Gasteiger partial charge in [0.1, 0.15) is 5.75 Å².